The van der Waals surface area contributed by atoms with Gasteiger partial charge in [0.15, 0.2) is 11.5 Å². The Hall–Kier alpha value is -4.00. The van der Waals surface area contributed by atoms with Gasteiger partial charge in [-0.1, -0.05) is 30.3 Å². The topological polar surface area (TPSA) is 89.8 Å². The molecule has 1 unspecified atom stereocenters. The number of aryl methyl sites for hydroxylation is 1. The van der Waals surface area contributed by atoms with Gasteiger partial charge in [0, 0.05) is 17.7 Å². The van der Waals surface area contributed by atoms with Crippen LogP contribution in [0.15, 0.2) is 77.0 Å². The number of hydrogen-bond donors (Lipinski definition) is 2. The van der Waals surface area contributed by atoms with Crippen LogP contribution in [0.25, 0.3) is 6.08 Å². The van der Waals surface area contributed by atoms with Gasteiger partial charge in [-0.05, 0) is 55.7 Å². The number of hydrogen-bond acceptors (Lipinski definition) is 5. The first-order valence-electron chi connectivity index (χ1n) is 10.6. The molecular formula is C26H28N2O5. The van der Waals surface area contributed by atoms with Crippen LogP contribution >= 0.6 is 0 Å². The highest BCUT2D eigenvalue weighted by Gasteiger charge is 2.18. The molecule has 0 aliphatic carbocycles. The molecule has 0 saturated carbocycles. The Bertz CT molecular complexity index is 1090. The number of benzene rings is 2. The molecular weight excluding hydrogens is 420 g/mol. The van der Waals surface area contributed by atoms with Crippen molar-refractivity contribution in [3.63, 3.8) is 0 Å². The van der Waals surface area contributed by atoms with Crippen LogP contribution in [-0.4, -0.2) is 32.1 Å². The van der Waals surface area contributed by atoms with E-state index in [0.717, 1.165) is 12.8 Å². The highest BCUT2D eigenvalue weighted by Crippen LogP contribution is 2.27. The highest BCUT2D eigenvalue weighted by molar-refractivity contribution is 6.05. The van der Waals surface area contributed by atoms with Crippen LogP contribution in [0.2, 0.25) is 0 Å². The number of nitrogens with one attached hydrogen (secondary N) is 2. The van der Waals surface area contributed by atoms with E-state index >= 15 is 0 Å². The second-order valence-corrected chi connectivity index (χ2v) is 7.50. The molecule has 172 valence electrons. The van der Waals surface area contributed by atoms with Crippen LogP contribution in [-0.2, 0) is 11.2 Å². The molecule has 2 N–H and O–H groups in total. The molecule has 0 spiro atoms. The molecule has 7 heteroatoms. The number of methoxy groups -OCH3 is 2. The molecule has 0 aliphatic rings. The molecule has 0 radical (unpaired) electrons. The lowest BCUT2D eigenvalue weighted by Gasteiger charge is -2.16. The lowest BCUT2D eigenvalue weighted by atomic mass is 10.1. The second kappa shape index (κ2) is 11.6. The van der Waals surface area contributed by atoms with Crippen molar-refractivity contribution >= 4 is 17.9 Å². The number of ether oxygens (including phenoxy) is 2. The maximum absolute atomic E-state index is 13.0. The average molecular weight is 449 g/mol. The second-order valence-electron chi connectivity index (χ2n) is 7.50. The van der Waals surface area contributed by atoms with Gasteiger partial charge in [-0.15, -0.1) is 0 Å². The summed E-state index contributed by atoms with van der Waals surface area (Å²) in [5.41, 5.74) is 1.60. The zero-order valence-corrected chi connectivity index (χ0v) is 19.0. The third-order valence-electron chi connectivity index (χ3n) is 5.05. The number of carbonyl (C=O) groups is 2. The van der Waals surface area contributed by atoms with E-state index in [1.54, 1.807) is 30.3 Å². The summed E-state index contributed by atoms with van der Waals surface area (Å²) in [7, 11) is 3.01. The highest BCUT2D eigenvalue weighted by atomic mass is 16.5. The Morgan fingerprint density at radius 2 is 1.76 bits per heavy atom. The molecule has 0 bridgehead atoms. The van der Waals surface area contributed by atoms with Gasteiger partial charge in [0.25, 0.3) is 11.8 Å². The lowest BCUT2D eigenvalue weighted by molar-refractivity contribution is -0.118. The van der Waals surface area contributed by atoms with Gasteiger partial charge in [-0.25, -0.2) is 0 Å². The third kappa shape index (κ3) is 6.74. The zero-order chi connectivity index (χ0) is 23.6. The summed E-state index contributed by atoms with van der Waals surface area (Å²) in [5, 5.41) is 5.65. The van der Waals surface area contributed by atoms with E-state index in [0.29, 0.717) is 22.8 Å². The fourth-order valence-corrected chi connectivity index (χ4v) is 3.25. The van der Waals surface area contributed by atoms with E-state index in [9.17, 15) is 9.59 Å². The molecule has 1 atom stereocenters. The summed E-state index contributed by atoms with van der Waals surface area (Å²) in [6.07, 6.45) is 4.59. The fraction of sp³-hybridized carbons (Fsp3) is 0.231. The molecule has 1 heterocycles. The van der Waals surface area contributed by atoms with Crippen LogP contribution in [0.5, 0.6) is 11.5 Å². The van der Waals surface area contributed by atoms with E-state index in [2.05, 4.69) is 22.8 Å². The van der Waals surface area contributed by atoms with Crippen molar-refractivity contribution in [1.29, 1.82) is 0 Å². The van der Waals surface area contributed by atoms with Gasteiger partial charge < -0.3 is 24.5 Å². The summed E-state index contributed by atoms with van der Waals surface area (Å²) in [6, 6.07) is 18.2. The van der Waals surface area contributed by atoms with Crippen LogP contribution in [0.4, 0.5) is 0 Å². The molecule has 33 heavy (non-hydrogen) atoms. The number of carbonyl (C=O) groups excluding carboxylic acids is 2. The maximum atomic E-state index is 13.0. The Kier molecular flexibility index (Phi) is 8.30. The Morgan fingerprint density at radius 3 is 2.42 bits per heavy atom. The van der Waals surface area contributed by atoms with Crippen LogP contribution in [0, 0.1) is 0 Å². The first-order chi connectivity index (χ1) is 16.0. The third-order valence-corrected chi connectivity index (χ3v) is 5.05. The van der Waals surface area contributed by atoms with Crippen molar-refractivity contribution in [3.05, 3.63) is 89.5 Å². The molecule has 7 nitrogen and oxygen atoms in total. The number of rotatable bonds is 10. The SMILES string of the molecule is COc1ccc(C(=O)N/C(=C\c2ccco2)C(=O)NC(C)CCc2ccccc2)cc1OC. The quantitative estimate of drug-likeness (QED) is 0.454. The summed E-state index contributed by atoms with van der Waals surface area (Å²) >= 11 is 0. The summed E-state index contributed by atoms with van der Waals surface area (Å²) < 4.78 is 15.8. The van der Waals surface area contributed by atoms with Crippen molar-refractivity contribution in [2.45, 2.75) is 25.8 Å². The maximum Gasteiger partial charge on any atom is 0.268 e. The van der Waals surface area contributed by atoms with Crippen molar-refractivity contribution in [1.82, 2.24) is 10.6 Å². The molecule has 1 aromatic heterocycles. The lowest BCUT2D eigenvalue weighted by Crippen LogP contribution is -2.39. The van der Waals surface area contributed by atoms with Crippen molar-refractivity contribution in [2.24, 2.45) is 0 Å². The molecule has 0 fully saturated rings. The zero-order valence-electron chi connectivity index (χ0n) is 19.0. The van der Waals surface area contributed by atoms with E-state index in [1.165, 1.54) is 32.1 Å². The van der Waals surface area contributed by atoms with E-state index in [4.69, 9.17) is 13.9 Å². The minimum Gasteiger partial charge on any atom is -0.493 e. The normalized spacial score (nSPS) is 12.0. The minimum atomic E-state index is -0.458. The van der Waals surface area contributed by atoms with Crippen LogP contribution in [0.1, 0.15) is 35.0 Å². The largest absolute Gasteiger partial charge is 0.493 e. The smallest absolute Gasteiger partial charge is 0.268 e. The van der Waals surface area contributed by atoms with Gasteiger partial charge in [0.05, 0.1) is 20.5 Å². The first kappa shape index (κ1) is 23.7. The number of furan rings is 1. The molecule has 2 aromatic carbocycles. The predicted octanol–water partition coefficient (Wildman–Crippen LogP) is 4.21. The molecule has 0 saturated heterocycles. The van der Waals surface area contributed by atoms with Crippen LogP contribution in [0.3, 0.4) is 0 Å². The summed E-state index contributed by atoms with van der Waals surface area (Å²) in [6.45, 7) is 1.93. The molecule has 3 aromatic rings. The van der Waals surface area contributed by atoms with Crippen molar-refractivity contribution < 1.29 is 23.5 Å². The summed E-state index contributed by atoms with van der Waals surface area (Å²) in [5.74, 6) is 0.512. The monoisotopic (exact) mass is 448 g/mol. The van der Waals surface area contributed by atoms with Crippen LogP contribution < -0.4 is 20.1 Å². The van der Waals surface area contributed by atoms with Gasteiger partial charge >= 0.3 is 0 Å². The van der Waals surface area contributed by atoms with E-state index in [1.807, 2.05) is 25.1 Å². The van der Waals surface area contributed by atoms with Crippen molar-refractivity contribution in [3.8, 4) is 11.5 Å². The van der Waals surface area contributed by atoms with Crippen molar-refractivity contribution in [2.75, 3.05) is 14.2 Å². The number of amides is 2. The fourth-order valence-electron chi connectivity index (χ4n) is 3.25. The average Bonchev–Trinajstić information content (AvgIpc) is 3.35. The predicted molar refractivity (Wildman–Crippen MR) is 126 cm³/mol. The minimum absolute atomic E-state index is 0.0799. The standard InChI is InChI=1S/C26H28N2O5/c1-18(11-12-19-8-5-4-6-9-19)27-26(30)22(17-21-10-7-15-33-21)28-25(29)20-13-14-23(31-2)24(16-20)32-3/h4-10,13-18H,11-12H2,1-3H3,(H,27,30)(H,28,29)/b22-17-. The van der Waals surface area contributed by atoms with E-state index < -0.39 is 11.8 Å². The summed E-state index contributed by atoms with van der Waals surface area (Å²) in [4.78, 5) is 25.9. The molecule has 0 aliphatic heterocycles. The Balaban J connectivity index is 1.72. The Labute approximate surface area is 193 Å². The first-order valence-corrected chi connectivity index (χ1v) is 10.6. The van der Waals surface area contributed by atoms with E-state index in [-0.39, 0.29) is 11.7 Å². The van der Waals surface area contributed by atoms with Gasteiger partial charge in [0.2, 0.25) is 0 Å². The van der Waals surface area contributed by atoms with Gasteiger partial charge in [0.1, 0.15) is 11.5 Å². The van der Waals surface area contributed by atoms with Gasteiger partial charge in [-0.2, -0.15) is 0 Å². The molecule has 3 rings (SSSR count). The Morgan fingerprint density at radius 1 is 1.00 bits per heavy atom. The van der Waals surface area contributed by atoms with Gasteiger partial charge in [-0.3, -0.25) is 9.59 Å². The molecule has 2 amide bonds.